The minimum absolute atomic E-state index is 0.0521. The number of aromatic nitrogens is 2. The first-order valence-electron chi connectivity index (χ1n) is 9.35. The maximum Gasteiger partial charge on any atom is 0.331 e. The van der Waals surface area contributed by atoms with Gasteiger partial charge in [-0.05, 0) is 47.6 Å². The van der Waals surface area contributed by atoms with Crippen molar-refractivity contribution in [2.45, 2.75) is 19.4 Å². The summed E-state index contributed by atoms with van der Waals surface area (Å²) in [7, 11) is 1.54. The Kier molecular flexibility index (Phi) is 4.73. The largest absolute Gasteiger partial charge is 0.493 e. The van der Waals surface area contributed by atoms with Gasteiger partial charge < -0.3 is 10.4 Å². The second-order valence-corrected chi connectivity index (χ2v) is 7.32. The summed E-state index contributed by atoms with van der Waals surface area (Å²) >= 11 is 0. The minimum atomic E-state index is -0.252. The third-order valence-electron chi connectivity index (χ3n) is 5.18. The van der Waals surface area contributed by atoms with E-state index in [1.54, 1.807) is 0 Å². The van der Waals surface area contributed by atoms with Gasteiger partial charge in [-0.25, -0.2) is 10.3 Å². The molecule has 1 aromatic heterocycles. The smallest absolute Gasteiger partial charge is 0.331 e. The van der Waals surface area contributed by atoms with Crippen LogP contribution in [0.1, 0.15) is 18.4 Å². The highest BCUT2D eigenvalue weighted by molar-refractivity contribution is 5.75. The van der Waals surface area contributed by atoms with Gasteiger partial charge in [-0.2, -0.15) is 5.11 Å². The monoisotopic (exact) mass is 377 g/mol. The number of rotatable bonds is 7. The van der Waals surface area contributed by atoms with E-state index >= 15 is 0 Å². The highest BCUT2D eigenvalue weighted by Crippen LogP contribution is 2.34. The molecule has 0 spiro atoms. The first kappa shape index (κ1) is 18.0. The van der Waals surface area contributed by atoms with Crippen LogP contribution in [0.5, 0.6) is 5.88 Å². The molecule has 0 unspecified atom stereocenters. The van der Waals surface area contributed by atoms with Gasteiger partial charge in [-0.1, -0.05) is 30.3 Å². The lowest BCUT2D eigenvalue weighted by molar-refractivity contribution is 0.429. The Balaban J connectivity index is 1.52. The Morgan fingerprint density at radius 2 is 1.89 bits per heavy atom. The zero-order valence-electron chi connectivity index (χ0n) is 15.7. The minimum Gasteiger partial charge on any atom is -0.493 e. The zero-order valence-corrected chi connectivity index (χ0v) is 15.7. The maximum absolute atomic E-state index is 12.0. The van der Waals surface area contributed by atoms with Crippen molar-refractivity contribution < 1.29 is 5.11 Å². The van der Waals surface area contributed by atoms with E-state index in [0.29, 0.717) is 12.2 Å². The standard InChI is InChI=1S/C21H23N5O2/c1-25-20(27)13-26(21(25)28)12-15-4-6-16(7-5-15)17-8-9-18(19(10-17)24-22)23-11-14-2-3-14/h4-10,13-14,22-23,27H,2-3,11-12H2,1H3. The van der Waals surface area contributed by atoms with Crippen LogP contribution in [-0.2, 0) is 13.6 Å². The van der Waals surface area contributed by atoms with E-state index < -0.39 is 0 Å². The third-order valence-corrected chi connectivity index (χ3v) is 5.18. The fourth-order valence-electron chi connectivity index (χ4n) is 3.21. The lowest BCUT2D eigenvalue weighted by Crippen LogP contribution is -2.22. The molecule has 1 aliphatic rings. The fraction of sp³-hybridized carbons (Fsp3) is 0.286. The molecule has 2 aromatic carbocycles. The molecule has 7 nitrogen and oxygen atoms in total. The molecule has 0 atom stereocenters. The SMILES string of the molecule is Cn1c(O)cn(Cc2ccc(-c3ccc(NCC4CC4)c(N=N)c3)cc2)c1=O. The molecule has 0 amide bonds. The first-order valence-corrected chi connectivity index (χ1v) is 9.35. The van der Waals surface area contributed by atoms with Crippen LogP contribution in [0.2, 0.25) is 0 Å². The Hall–Kier alpha value is -3.35. The van der Waals surface area contributed by atoms with Crippen LogP contribution in [-0.4, -0.2) is 20.8 Å². The molecule has 3 N–H and O–H groups in total. The van der Waals surface area contributed by atoms with E-state index in [9.17, 15) is 9.90 Å². The van der Waals surface area contributed by atoms with Crippen LogP contribution in [0.4, 0.5) is 11.4 Å². The highest BCUT2D eigenvalue weighted by atomic mass is 16.3. The topological polar surface area (TPSA) is 95.4 Å². The van der Waals surface area contributed by atoms with Crippen molar-refractivity contribution in [2.75, 3.05) is 11.9 Å². The molecular formula is C21H23N5O2. The van der Waals surface area contributed by atoms with Gasteiger partial charge in [-0.3, -0.25) is 9.13 Å². The van der Waals surface area contributed by atoms with Gasteiger partial charge in [0, 0.05) is 13.6 Å². The summed E-state index contributed by atoms with van der Waals surface area (Å²) in [6, 6.07) is 13.8. The number of nitrogens with zero attached hydrogens (tertiary/aromatic N) is 3. The lowest BCUT2D eigenvalue weighted by atomic mass is 10.0. The molecular weight excluding hydrogens is 354 g/mol. The van der Waals surface area contributed by atoms with Gasteiger partial charge >= 0.3 is 5.69 Å². The maximum atomic E-state index is 12.0. The molecule has 1 heterocycles. The molecule has 28 heavy (non-hydrogen) atoms. The molecule has 7 heteroatoms. The molecule has 1 aliphatic carbocycles. The van der Waals surface area contributed by atoms with Crippen molar-refractivity contribution >= 4 is 11.4 Å². The van der Waals surface area contributed by atoms with Gasteiger partial charge in [0.25, 0.3) is 0 Å². The van der Waals surface area contributed by atoms with E-state index in [-0.39, 0.29) is 11.6 Å². The van der Waals surface area contributed by atoms with Gasteiger partial charge in [0.15, 0.2) is 0 Å². The Morgan fingerprint density at radius 1 is 1.18 bits per heavy atom. The summed E-state index contributed by atoms with van der Waals surface area (Å²) in [5.41, 5.74) is 11.7. The van der Waals surface area contributed by atoms with Crippen LogP contribution < -0.4 is 11.0 Å². The molecule has 0 bridgehead atoms. The molecule has 1 fully saturated rings. The quantitative estimate of drug-likeness (QED) is 0.541. The van der Waals surface area contributed by atoms with Crippen molar-refractivity contribution in [3.63, 3.8) is 0 Å². The van der Waals surface area contributed by atoms with Crippen molar-refractivity contribution in [2.24, 2.45) is 18.1 Å². The predicted molar refractivity (Wildman–Crippen MR) is 108 cm³/mol. The molecule has 4 rings (SSSR count). The highest BCUT2D eigenvalue weighted by Gasteiger charge is 2.21. The fourth-order valence-corrected chi connectivity index (χ4v) is 3.21. The summed E-state index contributed by atoms with van der Waals surface area (Å²) in [5.74, 6) is 0.702. The van der Waals surface area contributed by atoms with Crippen molar-refractivity contribution in [1.29, 1.82) is 5.53 Å². The van der Waals surface area contributed by atoms with Crippen molar-refractivity contribution in [1.82, 2.24) is 9.13 Å². The summed E-state index contributed by atoms with van der Waals surface area (Å²) in [6.45, 7) is 1.33. The van der Waals surface area contributed by atoms with E-state index in [2.05, 4.69) is 10.4 Å². The number of hydrogen-bond acceptors (Lipinski definition) is 5. The molecule has 0 saturated heterocycles. The number of benzene rings is 2. The van der Waals surface area contributed by atoms with E-state index in [1.165, 1.54) is 35.2 Å². The second-order valence-electron chi connectivity index (χ2n) is 7.32. The van der Waals surface area contributed by atoms with Gasteiger partial charge in [0.1, 0.15) is 5.69 Å². The van der Waals surface area contributed by atoms with Crippen LogP contribution in [0, 0.1) is 11.4 Å². The number of anilines is 1. The van der Waals surface area contributed by atoms with Crippen molar-refractivity contribution in [3.05, 3.63) is 64.7 Å². The number of hydrogen-bond donors (Lipinski definition) is 3. The summed E-state index contributed by atoms with van der Waals surface area (Å²) in [5, 5.41) is 16.7. The summed E-state index contributed by atoms with van der Waals surface area (Å²) in [6.07, 6.45) is 3.99. The number of aromatic hydroxyl groups is 1. The van der Waals surface area contributed by atoms with Gasteiger partial charge in [0.2, 0.25) is 5.88 Å². The average Bonchev–Trinajstić information content (AvgIpc) is 3.51. The molecule has 1 saturated carbocycles. The van der Waals surface area contributed by atoms with E-state index in [0.717, 1.165) is 34.8 Å². The normalized spacial score (nSPS) is 13.5. The second kappa shape index (κ2) is 7.34. The van der Waals surface area contributed by atoms with Gasteiger partial charge in [0.05, 0.1) is 18.4 Å². The first-order chi connectivity index (χ1) is 13.5. The Morgan fingerprint density at radius 3 is 2.50 bits per heavy atom. The molecule has 144 valence electrons. The summed E-state index contributed by atoms with van der Waals surface area (Å²) < 4.78 is 2.68. The van der Waals surface area contributed by atoms with Crippen LogP contribution in [0.25, 0.3) is 11.1 Å². The third kappa shape index (κ3) is 3.69. The van der Waals surface area contributed by atoms with E-state index in [1.807, 2.05) is 42.5 Å². The molecule has 0 radical (unpaired) electrons. The van der Waals surface area contributed by atoms with Gasteiger partial charge in [-0.15, -0.1) is 0 Å². The van der Waals surface area contributed by atoms with E-state index in [4.69, 9.17) is 5.53 Å². The Labute approximate surface area is 162 Å². The van der Waals surface area contributed by atoms with Crippen molar-refractivity contribution in [3.8, 4) is 17.0 Å². The Bertz CT molecular complexity index is 1060. The lowest BCUT2D eigenvalue weighted by Gasteiger charge is -2.11. The molecule has 0 aliphatic heterocycles. The van der Waals surface area contributed by atoms with Crippen LogP contribution in [0.15, 0.2) is 58.6 Å². The number of imidazole rings is 1. The zero-order chi connectivity index (χ0) is 19.7. The predicted octanol–water partition coefficient (Wildman–Crippen LogP) is 4.09. The summed E-state index contributed by atoms with van der Waals surface area (Å²) in [4.78, 5) is 12.0. The van der Waals surface area contributed by atoms with Crippen LogP contribution in [0.3, 0.4) is 0 Å². The average molecular weight is 377 g/mol. The number of nitrogens with one attached hydrogen (secondary N) is 2. The molecule has 3 aromatic rings. The van der Waals surface area contributed by atoms with Crippen LogP contribution >= 0.6 is 0 Å².